The average molecular weight is 350 g/mol. The van der Waals surface area contributed by atoms with Crippen LogP contribution in [0.2, 0.25) is 0 Å². The molecule has 6 nitrogen and oxygen atoms in total. The van der Waals surface area contributed by atoms with Crippen LogP contribution in [0, 0.1) is 5.92 Å². The Kier molecular flexibility index (Phi) is 4.29. The van der Waals surface area contributed by atoms with Gasteiger partial charge in [0.1, 0.15) is 5.92 Å². The fraction of sp³-hybridized carbons (Fsp3) is 0.529. The second-order valence-corrected chi connectivity index (χ2v) is 6.32. The number of hydrogen-bond acceptors (Lipinski definition) is 5. The van der Waals surface area contributed by atoms with Gasteiger partial charge in [-0.1, -0.05) is 12.1 Å². The minimum Gasteiger partial charge on any atom is -0.493 e. The lowest BCUT2D eigenvalue weighted by molar-refractivity contribution is -0.175. The summed E-state index contributed by atoms with van der Waals surface area (Å²) in [6.07, 6.45) is 0. The maximum atomic E-state index is 12.7. The molecule has 1 saturated heterocycles. The number of carbonyl (C=O) groups excluding carboxylic acids is 1. The number of thiocarbonyl (C=S) groups is 1. The van der Waals surface area contributed by atoms with E-state index in [2.05, 4.69) is 5.32 Å². The number of carbonyl (C=O) groups is 1. The van der Waals surface area contributed by atoms with E-state index in [1.54, 1.807) is 14.0 Å². The molecule has 0 radical (unpaired) electrons. The fourth-order valence-corrected chi connectivity index (χ4v) is 4.08. The molecule has 3 rings (SSSR count). The lowest BCUT2D eigenvalue weighted by Crippen LogP contribution is -2.71. The Morgan fingerprint density at radius 3 is 2.83 bits per heavy atom. The van der Waals surface area contributed by atoms with Crippen molar-refractivity contribution < 1.29 is 19.0 Å². The molecule has 0 spiro atoms. The number of rotatable bonds is 4. The lowest BCUT2D eigenvalue weighted by Gasteiger charge is -2.55. The van der Waals surface area contributed by atoms with Crippen LogP contribution in [0.15, 0.2) is 18.2 Å². The van der Waals surface area contributed by atoms with Gasteiger partial charge >= 0.3 is 5.97 Å². The Hall–Kier alpha value is -2.02. The molecule has 7 heteroatoms. The zero-order chi connectivity index (χ0) is 17.5. The first kappa shape index (κ1) is 16.8. The molecule has 0 aromatic heterocycles. The summed E-state index contributed by atoms with van der Waals surface area (Å²) in [5, 5.41) is 3.86. The first-order valence-corrected chi connectivity index (χ1v) is 8.49. The Morgan fingerprint density at radius 1 is 1.46 bits per heavy atom. The Morgan fingerprint density at radius 2 is 2.21 bits per heavy atom. The molecule has 1 aromatic carbocycles. The quantitative estimate of drug-likeness (QED) is 0.660. The van der Waals surface area contributed by atoms with E-state index in [1.807, 2.05) is 36.9 Å². The van der Waals surface area contributed by atoms with Crippen LogP contribution >= 0.6 is 12.2 Å². The van der Waals surface area contributed by atoms with Gasteiger partial charge in [-0.25, -0.2) is 0 Å². The van der Waals surface area contributed by atoms with Crippen molar-refractivity contribution in [1.82, 2.24) is 10.2 Å². The number of nitrogens with zero attached hydrogens (tertiary/aromatic N) is 1. The van der Waals surface area contributed by atoms with E-state index in [0.717, 1.165) is 5.56 Å². The Bertz CT molecular complexity index is 681. The smallest absolute Gasteiger partial charge is 0.317 e. The van der Waals surface area contributed by atoms with Crippen LogP contribution in [-0.4, -0.2) is 42.0 Å². The van der Waals surface area contributed by atoms with E-state index in [4.69, 9.17) is 26.4 Å². The summed E-state index contributed by atoms with van der Waals surface area (Å²) >= 11 is 5.50. The summed E-state index contributed by atoms with van der Waals surface area (Å²) in [7, 11) is 1.60. The van der Waals surface area contributed by atoms with Crippen LogP contribution in [0.3, 0.4) is 0 Å². The predicted molar refractivity (Wildman–Crippen MR) is 93.0 cm³/mol. The van der Waals surface area contributed by atoms with Crippen LogP contribution in [0.5, 0.6) is 11.5 Å². The van der Waals surface area contributed by atoms with Gasteiger partial charge in [0.25, 0.3) is 0 Å². The van der Waals surface area contributed by atoms with E-state index in [1.165, 1.54) is 0 Å². The number of fused-ring (bicyclic) bond motifs is 4. The van der Waals surface area contributed by atoms with Gasteiger partial charge in [-0.3, -0.25) is 4.79 Å². The molecule has 1 aromatic rings. The Labute approximate surface area is 147 Å². The van der Waals surface area contributed by atoms with Crippen LogP contribution < -0.4 is 14.8 Å². The topological polar surface area (TPSA) is 60.0 Å². The number of methoxy groups -OCH3 is 1. The summed E-state index contributed by atoms with van der Waals surface area (Å²) in [6, 6.07) is 5.33. The normalized spacial score (nSPS) is 27.7. The van der Waals surface area contributed by atoms with Crippen molar-refractivity contribution in [2.24, 2.45) is 5.92 Å². The van der Waals surface area contributed by atoms with Gasteiger partial charge < -0.3 is 24.4 Å². The van der Waals surface area contributed by atoms with Gasteiger partial charge in [-0.2, -0.15) is 0 Å². The SMILES string of the molecule is CCOC(=O)[C@H]1[C@@H]2NC(=S)N(CC)[C@@]1(C)Oc1c(OC)cccc12. The monoisotopic (exact) mass is 350 g/mol. The molecule has 24 heavy (non-hydrogen) atoms. The number of hydrogen-bond donors (Lipinski definition) is 1. The van der Waals surface area contributed by atoms with E-state index < -0.39 is 11.6 Å². The summed E-state index contributed by atoms with van der Waals surface area (Å²) < 4.78 is 17.1. The molecule has 2 heterocycles. The molecule has 2 aliphatic heterocycles. The fourth-order valence-electron chi connectivity index (χ4n) is 3.65. The highest BCUT2D eigenvalue weighted by molar-refractivity contribution is 7.80. The minimum atomic E-state index is -0.935. The summed E-state index contributed by atoms with van der Waals surface area (Å²) in [5.41, 5.74) is -0.0849. The third kappa shape index (κ3) is 2.30. The van der Waals surface area contributed by atoms with Crippen molar-refractivity contribution in [3.63, 3.8) is 0 Å². The second-order valence-electron chi connectivity index (χ2n) is 5.94. The lowest BCUT2D eigenvalue weighted by atomic mass is 9.79. The number of benzene rings is 1. The molecule has 2 bridgehead atoms. The first-order chi connectivity index (χ1) is 11.5. The van der Waals surface area contributed by atoms with Gasteiger partial charge in [0, 0.05) is 12.1 Å². The van der Waals surface area contributed by atoms with Crippen molar-refractivity contribution in [3.8, 4) is 11.5 Å². The molecule has 1 fully saturated rings. The highest BCUT2D eigenvalue weighted by Gasteiger charge is 2.59. The molecule has 3 atom stereocenters. The van der Waals surface area contributed by atoms with Gasteiger partial charge in [0.05, 0.1) is 19.8 Å². The van der Waals surface area contributed by atoms with Gasteiger partial charge in [-0.05, 0) is 39.1 Å². The molecule has 0 unspecified atom stereocenters. The van der Waals surface area contributed by atoms with Crippen molar-refractivity contribution in [2.45, 2.75) is 32.5 Å². The number of esters is 1. The third-order valence-electron chi connectivity index (χ3n) is 4.70. The van der Waals surface area contributed by atoms with Gasteiger partial charge in [-0.15, -0.1) is 0 Å². The average Bonchev–Trinajstić information content (AvgIpc) is 2.54. The summed E-state index contributed by atoms with van der Waals surface area (Å²) in [5.74, 6) is 0.439. The molecule has 2 aliphatic rings. The van der Waals surface area contributed by atoms with E-state index >= 15 is 0 Å². The number of para-hydroxylation sites is 1. The molecule has 1 N–H and O–H groups in total. The van der Waals surface area contributed by atoms with Crippen molar-refractivity contribution in [3.05, 3.63) is 23.8 Å². The Balaban J connectivity index is 2.18. The van der Waals surface area contributed by atoms with Gasteiger partial charge in [0.15, 0.2) is 22.3 Å². The zero-order valence-corrected chi connectivity index (χ0v) is 15.1. The molecule has 0 aliphatic carbocycles. The largest absolute Gasteiger partial charge is 0.493 e. The molecular weight excluding hydrogens is 328 g/mol. The molecule has 0 saturated carbocycles. The van der Waals surface area contributed by atoms with Crippen molar-refractivity contribution >= 4 is 23.3 Å². The van der Waals surface area contributed by atoms with Crippen LogP contribution in [0.25, 0.3) is 0 Å². The molecule has 130 valence electrons. The number of ether oxygens (including phenoxy) is 3. The summed E-state index contributed by atoms with van der Waals surface area (Å²) in [6.45, 7) is 6.58. The standard InChI is InChI=1S/C17H22N2O4S/c1-5-19-16(24)18-13-10-8-7-9-11(21-4)14(10)23-17(19,3)12(13)15(20)22-6-2/h7-9,12-13H,5-6H2,1-4H3,(H,18,24)/t12-,13-,17+/m1/s1. The van der Waals surface area contributed by atoms with Crippen LogP contribution in [-0.2, 0) is 9.53 Å². The van der Waals surface area contributed by atoms with Gasteiger partial charge in [0.2, 0.25) is 0 Å². The van der Waals surface area contributed by atoms with E-state index in [-0.39, 0.29) is 12.0 Å². The van der Waals surface area contributed by atoms with Crippen molar-refractivity contribution in [2.75, 3.05) is 20.3 Å². The predicted octanol–water partition coefficient (Wildman–Crippen LogP) is 2.23. The molecular formula is C17H22N2O4S. The van der Waals surface area contributed by atoms with Crippen molar-refractivity contribution in [1.29, 1.82) is 0 Å². The van der Waals surface area contributed by atoms with Crippen LogP contribution in [0.1, 0.15) is 32.4 Å². The van der Waals surface area contributed by atoms with E-state index in [9.17, 15) is 4.79 Å². The minimum absolute atomic E-state index is 0.299. The first-order valence-electron chi connectivity index (χ1n) is 8.08. The maximum absolute atomic E-state index is 12.7. The highest BCUT2D eigenvalue weighted by Crippen LogP contribution is 2.51. The highest BCUT2D eigenvalue weighted by atomic mass is 32.1. The van der Waals surface area contributed by atoms with E-state index in [0.29, 0.717) is 29.8 Å². The number of nitrogens with one attached hydrogen (secondary N) is 1. The summed E-state index contributed by atoms with van der Waals surface area (Å²) in [4.78, 5) is 14.6. The second kappa shape index (κ2) is 6.12. The third-order valence-corrected chi connectivity index (χ3v) is 5.04. The maximum Gasteiger partial charge on any atom is 0.317 e. The molecule has 0 amide bonds. The van der Waals surface area contributed by atoms with Crippen LogP contribution in [0.4, 0.5) is 0 Å². The zero-order valence-electron chi connectivity index (χ0n) is 14.3.